The third-order valence-electron chi connectivity index (χ3n) is 3.12. The molecule has 0 aliphatic rings. The van der Waals surface area contributed by atoms with Crippen LogP contribution in [-0.2, 0) is 0 Å². The number of unbranched alkanes of at least 4 members (excludes halogenated alkanes) is 2. The molecule has 1 unspecified atom stereocenters. The molecule has 0 saturated heterocycles. The molecule has 0 amide bonds. The third-order valence-corrected chi connectivity index (χ3v) is 3.61. The molecule has 2 nitrogen and oxygen atoms in total. The van der Waals surface area contributed by atoms with Crippen LogP contribution < -0.4 is 10.1 Å². The molecule has 0 bridgehead atoms. The van der Waals surface area contributed by atoms with Crippen LogP contribution in [0, 0.1) is 0 Å². The lowest BCUT2D eigenvalue weighted by Gasteiger charge is -2.21. The summed E-state index contributed by atoms with van der Waals surface area (Å²) in [7, 11) is 1.74. The van der Waals surface area contributed by atoms with Crippen LogP contribution in [0.4, 0.5) is 0 Å². The van der Waals surface area contributed by atoms with Crippen molar-refractivity contribution in [2.45, 2.75) is 45.6 Å². The Kier molecular flexibility index (Phi) is 7.36. The monoisotopic (exact) mass is 313 g/mol. The molecule has 0 aliphatic carbocycles. The van der Waals surface area contributed by atoms with Gasteiger partial charge in [-0.25, -0.2) is 0 Å². The Labute approximate surface area is 119 Å². The molecule has 0 aliphatic heterocycles. The van der Waals surface area contributed by atoms with E-state index in [1.807, 2.05) is 6.07 Å². The van der Waals surface area contributed by atoms with Gasteiger partial charge >= 0.3 is 0 Å². The van der Waals surface area contributed by atoms with E-state index >= 15 is 0 Å². The van der Waals surface area contributed by atoms with Gasteiger partial charge in [-0.05, 0) is 25.1 Å². The molecule has 0 aromatic heterocycles. The summed E-state index contributed by atoms with van der Waals surface area (Å²) in [6, 6.07) is 6.67. The summed E-state index contributed by atoms with van der Waals surface area (Å²) in [4.78, 5) is 0. The molecule has 1 N–H and O–H groups in total. The minimum Gasteiger partial charge on any atom is -0.496 e. The Bertz CT molecular complexity index is 354. The fraction of sp³-hybridized carbons (Fsp3) is 0.600. The lowest BCUT2D eigenvalue weighted by atomic mass is 9.99. The summed E-state index contributed by atoms with van der Waals surface area (Å²) in [5.74, 6) is 0.965. The topological polar surface area (TPSA) is 21.3 Å². The van der Waals surface area contributed by atoms with E-state index in [0.29, 0.717) is 6.04 Å². The second-order valence-electron chi connectivity index (χ2n) is 4.49. The first-order valence-corrected chi connectivity index (χ1v) is 7.59. The highest BCUT2D eigenvalue weighted by atomic mass is 79.9. The average Bonchev–Trinajstić information content (AvgIpc) is 2.38. The number of hydrogen-bond donors (Lipinski definition) is 1. The van der Waals surface area contributed by atoms with E-state index in [-0.39, 0.29) is 0 Å². The minimum atomic E-state index is 0.393. The van der Waals surface area contributed by atoms with Crippen LogP contribution in [-0.4, -0.2) is 13.7 Å². The van der Waals surface area contributed by atoms with Gasteiger partial charge in [0.05, 0.1) is 7.11 Å². The largest absolute Gasteiger partial charge is 0.496 e. The molecule has 0 heterocycles. The zero-order valence-electron chi connectivity index (χ0n) is 11.6. The van der Waals surface area contributed by atoms with Crippen LogP contribution >= 0.6 is 15.9 Å². The van der Waals surface area contributed by atoms with Gasteiger partial charge in [0, 0.05) is 16.1 Å². The second kappa shape index (κ2) is 8.54. The second-order valence-corrected chi connectivity index (χ2v) is 5.41. The van der Waals surface area contributed by atoms with Crippen LogP contribution in [0.2, 0.25) is 0 Å². The van der Waals surface area contributed by atoms with Gasteiger partial charge in [0.1, 0.15) is 5.75 Å². The van der Waals surface area contributed by atoms with Crippen molar-refractivity contribution >= 4 is 15.9 Å². The number of methoxy groups -OCH3 is 1. The molecule has 1 aromatic rings. The van der Waals surface area contributed by atoms with Crippen LogP contribution in [0.25, 0.3) is 0 Å². The quantitative estimate of drug-likeness (QED) is 0.703. The zero-order chi connectivity index (χ0) is 13.4. The Hall–Kier alpha value is -0.540. The molecule has 1 rings (SSSR count). The number of halogens is 1. The first-order chi connectivity index (χ1) is 8.72. The Morgan fingerprint density at radius 1 is 1.28 bits per heavy atom. The fourth-order valence-electron chi connectivity index (χ4n) is 2.19. The summed E-state index contributed by atoms with van der Waals surface area (Å²) in [6.45, 7) is 5.37. The molecule has 0 spiro atoms. The SMILES string of the molecule is CCCCCC(NCC)c1ccc(Br)cc1OC. The molecule has 1 atom stereocenters. The number of benzene rings is 1. The van der Waals surface area contributed by atoms with Gasteiger partial charge in [0.2, 0.25) is 0 Å². The third kappa shape index (κ3) is 4.62. The maximum Gasteiger partial charge on any atom is 0.124 e. The number of nitrogens with one attached hydrogen (secondary N) is 1. The average molecular weight is 314 g/mol. The van der Waals surface area contributed by atoms with Gasteiger partial charge in [-0.2, -0.15) is 0 Å². The fourth-order valence-corrected chi connectivity index (χ4v) is 2.53. The number of ether oxygens (including phenoxy) is 1. The lowest BCUT2D eigenvalue weighted by Crippen LogP contribution is -2.21. The van der Waals surface area contributed by atoms with E-state index in [0.717, 1.165) is 16.8 Å². The minimum absolute atomic E-state index is 0.393. The first kappa shape index (κ1) is 15.5. The zero-order valence-corrected chi connectivity index (χ0v) is 13.2. The molecule has 1 aromatic carbocycles. The van der Waals surface area contributed by atoms with Gasteiger partial charge < -0.3 is 10.1 Å². The first-order valence-electron chi connectivity index (χ1n) is 6.79. The van der Waals surface area contributed by atoms with Crippen LogP contribution in [0.15, 0.2) is 22.7 Å². The molecule has 18 heavy (non-hydrogen) atoms. The highest BCUT2D eigenvalue weighted by Gasteiger charge is 2.14. The van der Waals surface area contributed by atoms with Crippen LogP contribution in [0.1, 0.15) is 51.1 Å². The van der Waals surface area contributed by atoms with Crippen molar-refractivity contribution in [3.8, 4) is 5.75 Å². The highest BCUT2D eigenvalue weighted by molar-refractivity contribution is 9.10. The smallest absolute Gasteiger partial charge is 0.124 e. The number of hydrogen-bond acceptors (Lipinski definition) is 2. The molecule has 0 fully saturated rings. The molecule has 0 saturated carbocycles. The normalized spacial score (nSPS) is 12.4. The Balaban J connectivity index is 2.83. The molecule has 102 valence electrons. The summed E-state index contributed by atoms with van der Waals surface area (Å²) in [6.07, 6.45) is 4.98. The molecular formula is C15H24BrNO. The predicted molar refractivity (Wildman–Crippen MR) is 81.3 cm³/mol. The summed E-state index contributed by atoms with van der Waals surface area (Å²) >= 11 is 3.49. The summed E-state index contributed by atoms with van der Waals surface area (Å²) < 4.78 is 6.55. The van der Waals surface area contributed by atoms with Crippen molar-refractivity contribution in [2.24, 2.45) is 0 Å². The standard InChI is InChI=1S/C15H24BrNO/c1-4-6-7-8-14(17-5-2)13-10-9-12(16)11-15(13)18-3/h9-11,14,17H,4-8H2,1-3H3. The summed E-state index contributed by atoms with van der Waals surface area (Å²) in [5, 5.41) is 3.56. The van der Waals surface area contributed by atoms with Gasteiger partial charge in [0.25, 0.3) is 0 Å². The highest BCUT2D eigenvalue weighted by Crippen LogP contribution is 2.31. The van der Waals surface area contributed by atoms with Crippen molar-refractivity contribution in [1.29, 1.82) is 0 Å². The van der Waals surface area contributed by atoms with Crippen molar-refractivity contribution in [1.82, 2.24) is 5.32 Å². The van der Waals surface area contributed by atoms with E-state index < -0.39 is 0 Å². The van der Waals surface area contributed by atoms with E-state index in [9.17, 15) is 0 Å². The van der Waals surface area contributed by atoms with E-state index in [2.05, 4.69) is 47.2 Å². The van der Waals surface area contributed by atoms with Crippen LogP contribution in [0.5, 0.6) is 5.75 Å². The summed E-state index contributed by atoms with van der Waals surface area (Å²) in [5.41, 5.74) is 1.26. The maximum atomic E-state index is 5.49. The van der Waals surface area contributed by atoms with Crippen molar-refractivity contribution < 1.29 is 4.74 Å². The van der Waals surface area contributed by atoms with Gasteiger partial charge in [-0.3, -0.25) is 0 Å². The van der Waals surface area contributed by atoms with Crippen molar-refractivity contribution in [3.63, 3.8) is 0 Å². The van der Waals surface area contributed by atoms with Gasteiger partial charge in [-0.1, -0.05) is 55.1 Å². The van der Waals surface area contributed by atoms with E-state index in [1.165, 1.54) is 31.2 Å². The van der Waals surface area contributed by atoms with Crippen LogP contribution in [0.3, 0.4) is 0 Å². The number of rotatable bonds is 8. The van der Waals surface area contributed by atoms with Crippen molar-refractivity contribution in [3.05, 3.63) is 28.2 Å². The Morgan fingerprint density at radius 3 is 2.67 bits per heavy atom. The van der Waals surface area contributed by atoms with E-state index in [1.54, 1.807) is 7.11 Å². The predicted octanol–water partition coefficient (Wildman–Crippen LogP) is 4.69. The lowest BCUT2D eigenvalue weighted by molar-refractivity contribution is 0.393. The van der Waals surface area contributed by atoms with Gasteiger partial charge in [0.15, 0.2) is 0 Å². The van der Waals surface area contributed by atoms with E-state index in [4.69, 9.17) is 4.74 Å². The molecule has 3 heteroatoms. The molecule has 0 radical (unpaired) electrons. The maximum absolute atomic E-state index is 5.49. The Morgan fingerprint density at radius 2 is 2.06 bits per heavy atom. The van der Waals surface area contributed by atoms with Crippen molar-refractivity contribution in [2.75, 3.05) is 13.7 Å². The molecular weight excluding hydrogens is 290 g/mol. The van der Waals surface area contributed by atoms with Gasteiger partial charge in [-0.15, -0.1) is 0 Å².